The van der Waals surface area contributed by atoms with Crippen molar-refractivity contribution in [2.45, 2.75) is 70.9 Å². The molecule has 3 amide bonds. The minimum absolute atomic E-state index is 0.0175. The van der Waals surface area contributed by atoms with Crippen molar-refractivity contribution < 1.29 is 14.4 Å². The SMILES string of the molecule is CC(=O)c1c(C)c2cnc(Nc3ccc(N4CCC(N5CCN(c6ccc(N7CCC(=O)NC7=O)c(Cl)c6)CC5)CC4)cn3)nc2n(C2CCCC2)c1=O. The van der Waals surface area contributed by atoms with Crippen molar-refractivity contribution in [2.75, 3.05) is 65.8 Å². The Morgan fingerprint density at radius 3 is 2.24 bits per heavy atom. The second-order valence-corrected chi connectivity index (χ2v) is 15.2. The molecule has 282 valence electrons. The molecule has 0 atom stereocenters. The number of pyridine rings is 2. The van der Waals surface area contributed by atoms with Crippen LogP contribution < -0.4 is 30.9 Å². The smallest absolute Gasteiger partial charge is 0.328 e. The van der Waals surface area contributed by atoms with Crippen LogP contribution in [0, 0.1) is 6.92 Å². The minimum Gasteiger partial charge on any atom is -0.370 e. The van der Waals surface area contributed by atoms with Crippen molar-refractivity contribution in [1.29, 1.82) is 0 Å². The first-order valence-corrected chi connectivity index (χ1v) is 19.3. The summed E-state index contributed by atoms with van der Waals surface area (Å²) in [6, 6.07) is 9.89. The molecule has 6 heterocycles. The number of ketones is 1. The number of anilines is 5. The van der Waals surface area contributed by atoms with Crippen molar-refractivity contribution in [3.8, 4) is 0 Å². The fourth-order valence-corrected chi connectivity index (χ4v) is 8.89. The molecule has 0 spiro atoms. The molecular formula is C39H45ClN10O4. The third-order valence-electron chi connectivity index (χ3n) is 11.5. The molecule has 4 aliphatic rings. The lowest BCUT2D eigenvalue weighted by Crippen LogP contribution is -2.53. The third-order valence-corrected chi connectivity index (χ3v) is 11.8. The zero-order valence-electron chi connectivity index (χ0n) is 30.7. The molecule has 3 aromatic heterocycles. The number of Topliss-reactive ketones (excluding diaryl/α,β-unsaturated/α-hetero) is 1. The Kier molecular flexibility index (Phi) is 9.97. The number of amides is 3. The van der Waals surface area contributed by atoms with E-state index in [1.165, 1.54) is 11.8 Å². The van der Waals surface area contributed by atoms with E-state index >= 15 is 0 Å². The molecule has 1 aromatic carbocycles. The zero-order valence-corrected chi connectivity index (χ0v) is 31.4. The number of piperidine rings is 1. The van der Waals surface area contributed by atoms with Crippen LogP contribution in [0.25, 0.3) is 11.0 Å². The fraction of sp³-hybridized carbons (Fsp3) is 0.462. The predicted molar refractivity (Wildman–Crippen MR) is 210 cm³/mol. The molecule has 0 bridgehead atoms. The van der Waals surface area contributed by atoms with Gasteiger partial charge in [0, 0.05) is 81.6 Å². The van der Waals surface area contributed by atoms with Gasteiger partial charge in [0.15, 0.2) is 5.78 Å². The van der Waals surface area contributed by atoms with Crippen LogP contribution in [-0.4, -0.2) is 94.0 Å². The van der Waals surface area contributed by atoms with E-state index in [0.29, 0.717) is 51.7 Å². The van der Waals surface area contributed by atoms with E-state index in [-0.39, 0.29) is 35.3 Å². The Bertz CT molecular complexity index is 2150. The molecule has 14 nitrogen and oxygen atoms in total. The molecule has 2 N–H and O–H groups in total. The molecule has 3 saturated heterocycles. The number of halogens is 1. The van der Waals surface area contributed by atoms with E-state index in [4.69, 9.17) is 16.6 Å². The number of nitrogens with zero attached hydrogens (tertiary/aromatic N) is 8. The van der Waals surface area contributed by atoms with Gasteiger partial charge in [0.25, 0.3) is 5.56 Å². The zero-order chi connectivity index (χ0) is 37.5. The fourth-order valence-electron chi connectivity index (χ4n) is 8.61. The highest BCUT2D eigenvalue weighted by Crippen LogP contribution is 2.34. The number of aromatic nitrogens is 4. The van der Waals surface area contributed by atoms with Gasteiger partial charge >= 0.3 is 6.03 Å². The molecule has 0 unspecified atom stereocenters. The molecule has 0 radical (unpaired) electrons. The van der Waals surface area contributed by atoms with Gasteiger partial charge in [-0.1, -0.05) is 24.4 Å². The van der Waals surface area contributed by atoms with Crippen molar-refractivity contribution in [3.63, 3.8) is 0 Å². The molecule has 54 heavy (non-hydrogen) atoms. The van der Waals surface area contributed by atoms with Crippen molar-refractivity contribution in [3.05, 3.63) is 69.2 Å². The Balaban J connectivity index is 0.862. The predicted octanol–water partition coefficient (Wildman–Crippen LogP) is 5.45. The highest BCUT2D eigenvalue weighted by atomic mass is 35.5. The normalized spacial score (nSPS) is 19.1. The van der Waals surface area contributed by atoms with Crippen molar-refractivity contribution in [1.82, 2.24) is 29.7 Å². The summed E-state index contributed by atoms with van der Waals surface area (Å²) in [5, 5.41) is 6.80. The monoisotopic (exact) mass is 752 g/mol. The van der Waals surface area contributed by atoms with E-state index in [0.717, 1.165) is 89.2 Å². The lowest BCUT2D eigenvalue weighted by atomic mass is 10.0. The highest BCUT2D eigenvalue weighted by molar-refractivity contribution is 6.34. The summed E-state index contributed by atoms with van der Waals surface area (Å²) >= 11 is 6.63. The summed E-state index contributed by atoms with van der Waals surface area (Å²) in [6.07, 6.45) is 9.85. The maximum Gasteiger partial charge on any atom is 0.328 e. The average molecular weight is 753 g/mol. The number of imide groups is 1. The van der Waals surface area contributed by atoms with Gasteiger partial charge in [0.2, 0.25) is 11.9 Å². The first-order valence-electron chi connectivity index (χ1n) is 19.0. The van der Waals surface area contributed by atoms with Gasteiger partial charge in [-0.15, -0.1) is 0 Å². The van der Waals surface area contributed by atoms with Gasteiger partial charge in [0.1, 0.15) is 11.5 Å². The largest absolute Gasteiger partial charge is 0.370 e. The summed E-state index contributed by atoms with van der Waals surface area (Å²) in [4.78, 5) is 72.7. The lowest BCUT2D eigenvalue weighted by molar-refractivity contribution is -0.120. The Morgan fingerprint density at radius 1 is 0.852 bits per heavy atom. The first kappa shape index (κ1) is 35.9. The van der Waals surface area contributed by atoms with Gasteiger partial charge in [-0.3, -0.25) is 34.1 Å². The third kappa shape index (κ3) is 7.00. The average Bonchev–Trinajstić information content (AvgIpc) is 3.70. The van der Waals surface area contributed by atoms with Gasteiger partial charge in [-0.25, -0.2) is 14.8 Å². The van der Waals surface area contributed by atoms with Gasteiger partial charge in [-0.05, 0) is 75.4 Å². The molecular weight excluding hydrogens is 708 g/mol. The van der Waals surface area contributed by atoms with E-state index in [9.17, 15) is 19.2 Å². The molecule has 1 aliphatic carbocycles. The number of carbonyl (C=O) groups is 3. The van der Waals surface area contributed by atoms with Gasteiger partial charge in [0.05, 0.1) is 28.2 Å². The second kappa shape index (κ2) is 15.0. The van der Waals surface area contributed by atoms with E-state index < -0.39 is 6.03 Å². The van der Waals surface area contributed by atoms with E-state index in [1.54, 1.807) is 17.7 Å². The molecule has 4 aromatic rings. The van der Waals surface area contributed by atoms with Gasteiger partial charge < -0.3 is 15.1 Å². The molecule has 3 aliphatic heterocycles. The Hall–Kier alpha value is -5.08. The van der Waals surface area contributed by atoms with E-state index in [2.05, 4.69) is 41.4 Å². The summed E-state index contributed by atoms with van der Waals surface area (Å²) < 4.78 is 1.72. The highest BCUT2D eigenvalue weighted by Gasteiger charge is 2.30. The summed E-state index contributed by atoms with van der Waals surface area (Å²) in [5.41, 5.74) is 3.85. The number of aryl methyl sites for hydroxylation is 1. The van der Waals surface area contributed by atoms with Gasteiger partial charge in [-0.2, -0.15) is 4.98 Å². The second-order valence-electron chi connectivity index (χ2n) is 14.8. The standard InChI is InChI=1S/C39H45ClN10O4/c1-24-30-23-42-38(45-36(30)50(27-5-3-4-6-27)37(53)35(24)25(2)51)43-33-10-8-29(22-41-33)46-14-11-26(12-15-46)47-17-19-48(20-18-47)28-7-9-32(31(40)21-28)49-16-13-34(52)44-39(49)54/h7-10,21-23,26-27H,3-6,11-20H2,1-2H3,(H,44,52,54)(H,41,42,43,45). The van der Waals surface area contributed by atoms with Crippen LogP contribution in [0.1, 0.15) is 73.8 Å². The molecule has 8 rings (SSSR count). The summed E-state index contributed by atoms with van der Waals surface area (Å²) in [6.45, 7) is 9.17. The number of piperazine rings is 1. The molecule has 4 fully saturated rings. The van der Waals surface area contributed by atoms with Crippen LogP contribution in [-0.2, 0) is 4.79 Å². The van der Waals surface area contributed by atoms with Crippen LogP contribution in [0.15, 0.2) is 47.5 Å². The maximum absolute atomic E-state index is 13.6. The first-order chi connectivity index (χ1) is 26.1. The summed E-state index contributed by atoms with van der Waals surface area (Å²) in [7, 11) is 0. The van der Waals surface area contributed by atoms with E-state index in [1.807, 2.05) is 30.5 Å². The summed E-state index contributed by atoms with van der Waals surface area (Å²) in [5.74, 6) is 0.467. The number of fused-ring (bicyclic) bond motifs is 1. The van der Waals surface area contributed by atoms with Crippen LogP contribution in [0.4, 0.5) is 33.6 Å². The maximum atomic E-state index is 13.6. The van der Waals surface area contributed by atoms with Crippen LogP contribution in [0.5, 0.6) is 0 Å². The van der Waals surface area contributed by atoms with Crippen molar-refractivity contribution >= 4 is 69.2 Å². The van der Waals surface area contributed by atoms with Crippen LogP contribution in [0.3, 0.4) is 0 Å². The Morgan fingerprint density at radius 2 is 1.57 bits per heavy atom. The Labute approximate surface area is 318 Å². The minimum atomic E-state index is -0.437. The van der Waals surface area contributed by atoms with Crippen LogP contribution in [0.2, 0.25) is 5.02 Å². The number of nitrogens with one attached hydrogen (secondary N) is 2. The number of benzene rings is 1. The number of urea groups is 1. The molecule has 15 heteroatoms. The molecule has 1 saturated carbocycles. The quantitative estimate of drug-likeness (QED) is 0.222. The number of carbonyl (C=O) groups excluding carboxylic acids is 3. The number of hydrogen-bond donors (Lipinski definition) is 2. The number of rotatable bonds is 8. The topological polar surface area (TPSA) is 149 Å². The number of hydrogen-bond acceptors (Lipinski definition) is 11. The van der Waals surface area contributed by atoms with Crippen molar-refractivity contribution in [2.24, 2.45) is 0 Å². The van der Waals surface area contributed by atoms with Crippen LogP contribution >= 0.6 is 11.6 Å². The lowest BCUT2D eigenvalue weighted by Gasteiger charge is -2.43.